The first kappa shape index (κ1) is 22.8. The first-order chi connectivity index (χ1) is 13.5. The maximum absolute atomic E-state index is 13.2. The largest absolute Gasteiger partial charge is 0.505 e. The number of sulfonamides is 1. The molecule has 0 aromatic heterocycles. The molecule has 0 bridgehead atoms. The van der Waals surface area contributed by atoms with Gasteiger partial charge in [-0.3, -0.25) is 20.1 Å². The minimum absolute atomic E-state index is 0.0686. The summed E-state index contributed by atoms with van der Waals surface area (Å²) in [6.45, 7) is 0.802. The van der Waals surface area contributed by atoms with E-state index in [9.17, 15) is 28.4 Å². The Morgan fingerprint density at radius 3 is 2.38 bits per heavy atom. The van der Waals surface area contributed by atoms with E-state index in [2.05, 4.69) is 0 Å². The van der Waals surface area contributed by atoms with Crippen LogP contribution in [0.3, 0.4) is 0 Å². The van der Waals surface area contributed by atoms with Crippen molar-refractivity contribution >= 4 is 44.8 Å². The molecule has 0 aliphatic carbocycles. The third kappa shape index (κ3) is 4.95. The lowest BCUT2D eigenvalue weighted by Gasteiger charge is -2.27. The van der Waals surface area contributed by atoms with Crippen LogP contribution in [0.5, 0.6) is 5.75 Å². The van der Waals surface area contributed by atoms with Gasteiger partial charge in [0.15, 0.2) is 5.75 Å². The van der Waals surface area contributed by atoms with Gasteiger partial charge in [-0.25, -0.2) is 13.9 Å². The van der Waals surface area contributed by atoms with E-state index in [4.69, 9.17) is 28.4 Å². The predicted molar refractivity (Wildman–Crippen MR) is 103 cm³/mol. The number of nitro groups is 1. The lowest BCUT2D eigenvalue weighted by atomic mass is 10.2. The Morgan fingerprint density at radius 2 is 1.86 bits per heavy atom. The SMILES string of the molecule is C[C@@H](C(=O)NO)N(Cc1ccc([N+](=O)[O-])cc1)S(=O)(=O)c1cc(Cl)cc(Cl)c1O. The lowest BCUT2D eigenvalue weighted by Crippen LogP contribution is -2.46. The summed E-state index contributed by atoms with van der Waals surface area (Å²) >= 11 is 11.7. The van der Waals surface area contributed by atoms with Crippen LogP contribution in [0.15, 0.2) is 41.3 Å². The molecule has 0 saturated heterocycles. The molecule has 0 aliphatic rings. The molecule has 0 spiro atoms. The van der Waals surface area contributed by atoms with E-state index in [0.29, 0.717) is 9.87 Å². The number of aromatic hydroxyl groups is 1. The van der Waals surface area contributed by atoms with Crippen LogP contribution in [0.1, 0.15) is 12.5 Å². The van der Waals surface area contributed by atoms with Crippen molar-refractivity contribution < 1.29 is 28.4 Å². The minimum atomic E-state index is -4.55. The molecule has 2 aromatic rings. The Labute approximate surface area is 175 Å². The van der Waals surface area contributed by atoms with Gasteiger partial charge in [0.25, 0.3) is 11.6 Å². The van der Waals surface area contributed by atoms with E-state index < -0.39 is 44.1 Å². The van der Waals surface area contributed by atoms with E-state index >= 15 is 0 Å². The zero-order chi connectivity index (χ0) is 21.9. The van der Waals surface area contributed by atoms with Crippen molar-refractivity contribution in [3.05, 3.63) is 62.1 Å². The number of nitrogens with zero attached hydrogens (tertiary/aromatic N) is 2. The lowest BCUT2D eigenvalue weighted by molar-refractivity contribution is -0.384. The average molecular weight is 464 g/mol. The van der Waals surface area contributed by atoms with E-state index in [1.54, 1.807) is 0 Å². The molecule has 0 radical (unpaired) electrons. The first-order valence-electron chi connectivity index (χ1n) is 7.86. The molecule has 0 saturated carbocycles. The van der Waals surface area contributed by atoms with Gasteiger partial charge in [-0.05, 0) is 24.6 Å². The zero-order valence-electron chi connectivity index (χ0n) is 14.7. The smallest absolute Gasteiger partial charge is 0.269 e. The normalized spacial score (nSPS) is 12.6. The van der Waals surface area contributed by atoms with Gasteiger partial charge in [0.1, 0.15) is 10.9 Å². The Hall–Kier alpha value is -2.44. The maximum atomic E-state index is 13.2. The van der Waals surface area contributed by atoms with Crippen LogP contribution in [-0.4, -0.2) is 39.9 Å². The molecular weight excluding hydrogens is 449 g/mol. The van der Waals surface area contributed by atoms with Gasteiger partial charge in [-0.2, -0.15) is 4.31 Å². The number of amides is 1. The van der Waals surface area contributed by atoms with E-state index in [1.807, 2.05) is 0 Å². The molecule has 0 heterocycles. The summed E-state index contributed by atoms with van der Waals surface area (Å²) < 4.78 is 27.0. The number of rotatable bonds is 7. The molecule has 0 fully saturated rings. The molecule has 10 nitrogen and oxygen atoms in total. The number of nitro benzene ring substituents is 1. The van der Waals surface area contributed by atoms with Crippen molar-refractivity contribution in [3.8, 4) is 5.75 Å². The second-order valence-electron chi connectivity index (χ2n) is 5.86. The van der Waals surface area contributed by atoms with Crippen LogP contribution < -0.4 is 5.48 Å². The van der Waals surface area contributed by atoms with E-state index in [1.165, 1.54) is 36.7 Å². The molecule has 13 heteroatoms. The number of hydrogen-bond donors (Lipinski definition) is 3. The van der Waals surface area contributed by atoms with E-state index in [0.717, 1.165) is 12.1 Å². The number of phenolic OH excluding ortho intramolecular Hbond substituents is 1. The highest BCUT2D eigenvalue weighted by Gasteiger charge is 2.35. The highest BCUT2D eigenvalue weighted by molar-refractivity contribution is 7.89. The molecule has 2 aromatic carbocycles. The van der Waals surface area contributed by atoms with Crippen LogP contribution >= 0.6 is 23.2 Å². The number of carbonyl (C=O) groups excluding carboxylic acids is 1. The van der Waals surface area contributed by atoms with Gasteiger partial charge in [-0.1, -0.05) is 35.3 Å². The summed E-state index contributed by atoms with van der Waals surface area (Å²) in [5.74, 6) is -1.80. The summed E-state index contributed by atoms with van der Waals surface area (Å²) in [6, 6.07) is 5.66. The van der Waals surface area contributed by atoms with Crippen LogP contribution in [-0.2, 0) is 21.4 Å². The number of non-ortho nitro benzene ring substituents is 1. The Kier molecular flexibility index (Phi) is 7.03. The van der Waals surface area contributed by atoms with Crippen molar-refractivity contribution in [2.45, 2.75) is 24.4 Å². The molecule has 3 N–H and O–H groups in total. The fraction of sp³-hybridized carbons (Fsp3) is 0.188. The number of hydroxylamine groups is 1. The molecule has 2 rings (SSSR count). The number of carbonyl (C=O) groups is 1. The molecular formula is C16H15Cl2N3O7S. The summed E-state index contributed by atoms with van der Waals surface area (Å²) in [5, 5.41) is 29.4. The number of hydrogen-bond acceptors (Lipinski definition) is 7. The van der Waals surface area contributed by atoms with Gasteiger partial charge in [0.05, 0.1) is 9.95 Å². The summed E-state index contributed by atoms with van der Waals surface area (Å²) in [6.07, 6.45) is 0. The zero-order valence-corrected chi connectivity index (χ0v) is 17.1. The maximum Gasteiger partial charge on any atom is 0.269 e. The molecule has 1 atom stereocenters. The molecule has 0 aliphatic heterocycles. The van der Waals surface area contributed by atoms with Crippen molar-refractivity contribution in [2.75, 3.05) is 0 Å². The Bertz CT molecular complexity index is 1050. The first-order valence-corrected chi connectivity index (χ1v) is 10.1. The Morgan fingerprint density at radius 1 is 1.28 bits per heavy atom. The number of phenols is 1. The van der Waals surface area contributed by atoms with Crippen molar-refractivity contribution in [1.82, 2.24) is 9.79 Å². The molecule has 156 valence electrons. The van der Waals surface area contributed by atoms with Gasteiger partial charge in [-0.15, -0.1) is 0 Å². The van der Waals surface area contributed by atoms with Gasteiger partial charge in [0.2, 0.25) is 10.0 Å². The topological polar surface area (TPSA) is 150 Å². The highest BCUT2D eigenvalue weighted by Crippen LogP contribution is 2.36. The molecule has 0 unspecified atom stereocenters. The third-order valence-electron chi connectivity index (χ3n) is 3.99. The van der Waals surface area contributed by atoms with Crippen LogP contribution in [0.4, 0.5) is 5.69 Å². The van der Waals surface area contributed by atoms with Crippen LogP contribution in [0, 0.1) is 10.1 Å². The average Bonchev–Trinajstić information content (AvgIpc) is 2.67. The second-order valence-corrected chi connectivity index (χ2v) is 8.56. The number of nitrogens with one attached hydrogen (secondary N) is 1. The molecule has 29 heavy (non-hydrogen) atoms. The van der Waals surface area contributed by atoms with Crippen LogP contribution in [0.25, 0.3) is 0 Å². The summed E-state index contributed by atoms with van der Waals surface area (Å²) in [4.78, 5) is 21.4. The fourth-order valence-electron chi connectivity index (χ4n) is 2.42. The van der Waals surface area contributed by atoms with Crippen molar-refractivity contribution in [3.63, 3.8) is 0 Å². The number of benzene rings is 2. The quantitative estimate of drug-likeness (QED) is 0.324. The standard InChI is InChI=1S/C16H15Cl2N3O7S/c1-9(16(23)19-24)20(8-10-2-4-12(5-3-10)21(25)26)29(27,28)14-7-11(17)6-13(18)15(14)22/h2-7,9,22,24H,8H2,1H3,(H,19,23)/t9-/m0/s1. The van der Waals surface area contributed by atoms with Gasteiger partial charge >= 0.3 is 0 Å². The van der Waals surface area contributed by atoms with Crippen molar-refractivity contribution in [1.29, 1.82) is 0 Å². The fourth-order valence-corrected chi connectivity index (χ4v) is 4.75. The minimum Gasteiger partial charge on any atom is -0.505 e. The number of halogens is 2. The summed E-state index contributed by atoms with van der Waals surface area (Å²) in [5.41, 5.74) is 1.47. The second kappa shape index (κ2) is 8.93. The summed E-state index contributed by atoms with van der Waals surface area (Å²) in [7, 11) is -4.55. The van der Waals surface area contributed by atoms with Gasteiger partial charge in [0, 0.05) is 23.7 Å². The van der Waals surface area contributed by atoms with Gasteiger partial charge < -0.3 is 5.11 Å². The Balaban J connectivity index is 2.55. The predicted octanol–water partition coefficient (Wildman–Crippen LogP) is 2.69. The van der Waals surface area contributed by atoms with E-state index in [-0.39, 0.29) is 15.7 Å². The monoisotopic (exact) mass is 463 g/mol. The molecule has 1 amide bonds. The third-order valence-corrected chi connectivity index (χ3v) is 6.42. The van der Waals surface area contributed by atoms with Crippen LogP contribution in [0.2, 0.25) is 10.0 Å². The highest BCUT2D eigenvalue weighted by atomic mass is 35.5. The van der Waals surface area contributed by atoms with Crippen molar-refractivity contribution in [2.24, 2.45) is 0 Å².